The molecule has 0 bridgehead atoms. The Morgan fingerprint density at radius 3 is 2.17 bits per heavy atom. The summed E-state index contributed by atoms with van der Waals surface area (Å²) >= 11 is 0. The molecule has 1 saturated heterocycles. The molecule has 1 N–H and O–H groups in total. The Kier molecular flexibility index (Phi) is 10.3. The monoisotopic (exact) mass is 650 g/mol. The summed E-state index contributed by atoms with van der Waals surface area (Å²) < 4.78 is 37.2. The molecule has 46 heavy (non-hydrogen) atoms. The van der Waals surface area contributed by atoms with Crippen molar-refractivity contribution in [3.05, 3.63) is 54.2 Å². The molecular weight excluding hydrogens is 604 g/mol. The van der Waals surface area contributed by atoms with Crippen molar-refractivity contribution in [3.63, 3.8) is 0 Å². The van der Waals surface area contributed by atoms with Crippen LogP contribution in [0.2, 0.25) is 0 Å². The van der Waals surface area contributed by atoms with Crippen molar-refractivity contribution in [2.75, 3.05) is 36.1 Å². The van der Waals surface area contributed by atoms with Gasteiger partial charge in [0.15, 0.2) is 9.84 Å². The van der Waals surface area contributed by atoms with Crippen LogP contribution in [0.15, 0.2) is 53.4 Å². The average Bonchev–Trinajstić information content (AvgIpc) is 3.32. The van der Waals surface area contributed by atoms with Gasteiger partial charge in [0.2, 0.25) is 0 Å². The highest BCUT2D eigenvalue weighted by atomic mass is 32.2. The summed E-state index contributed by atoms with van der Waals surface area (Å²) in [6.45, 7) is 15.0. The van der Waals surface area contributed by atoms with Crippen molar-refractivity contribution >= 4 is 44.3 Å². The summed E-state index contributed by atoms with van der Waals surface area (Å²) in [4.78, 5) is 29.0. The number of anilines is 2. The molecule has 2 amide bonds. The normalized spacial score (nSPS) is 14.4. The third-order valence-electron chi connectivity index (χ3n) is 7.41. The number of carbonyl (C=O) groups is 2. The van der Waals surface area contributed by atoms with Gasteiger partial charge in [-0.3, -0.25) is 4.90 Å². The first-order valence-electron chi connectivity index (χ1n) is 15.6. The Hall–Kier alpha value is -4.17. The minimum atomic E-state index is -3.38. The van der Waals surface area contributed by atoms with Gasteiger partial charge in [0.05, 0.1) is 22.7 Å². The third kappa shape index (κ3) is 8.97. The number of fused-ring (bicyclic) bond motifs is 1. The van der Waals surface area contributed by atoms with Crippen molar-refractivity contribution in [1.82, 2.24) is 9.47 Å². The molecule has 0 radical (unpaired) electrons. The molecule has 0 saturated carbocycles. The van der Waals surface area contributed by atoms with Crippen molar-refractivity contribution in [2.24, 2.45) is 0 Å². The van der Waals surface area contributed by atoms with Crippen LogP contribution >= 0.6 is 0 Å². The van der Waals surface area contributed by atoms with E-state index in [2.05, 4.69) is 46.8 Å². The molecule has 1 aliphatic rings. The Bertz CT molecular complexity index is 1730. The Morgan fingerprint density at radius 1 is 0.978 bits per heavy atom. The number of nitrogens with one attached hydrogen (secondary N) is 1. The Labute approximate surface area is 272 Å². The van der Waals surface area contributed by atoms with Crippen LogP contribution in [-0.4, -0.2) is 73.2 Å². The first-order valence-corrected chi connectivity index (χ1v) is 17.5. The van der Waals surface area contributed by atoms with E-state index in [1.807, 2.05) is 26.8 Å². The van der Waals surface area contributed by atoms with Gasteiger partial charge in [-0.05, 0) is 110 Å². The van der Waals surface area contributed by atoms with Gasteiger partial charge in [0.25, 0.3) is 0 Å². The summed E-state index contributed by atoms with van der Waals surface area (Å²) in [5.74, 6) is 6.40. The number of sulfone groups is 1. The second-order valence-electron chi connectivity index (χ2n) is 13.5. The van der Waals surface area contributed by atoms with Crippen molar-refractivity contribution in [1.29, 1.82) is 0 Å². The zero-order chi connectivity index (χ0) is 33.9. The number of hydrogen-bond acceptors (Lipinski definition) is 7. The Morgan fingerprint density at radius 2 is 1.61 bits per heavy atom. The van der Waals surface area contributed by atoms with E-state index in [1.54, 1.807) is 37.8 Å². The van der Waals surface area contributed by atoms with Crippen molar-refractivity contribution in [3.8, 4) is 11.8 Å². The number of aromatic nitrogens is 1. The highest BCUT2D eigenvalue weighted by Gasteiger charge is 2.27. The van der Waals surface area contributed by atoms with Crippen LogP contribution in [0, 0.1) is 11.8 Å². The van der Waals surface area contributed by atoms with E-state index in [9.17, 15) is 18.0 Å². The number of benzene rings is 2. The molecule has 0 aliphatic carbocycles. The quantitative estimate of drug-likeness (QED) is 0.297. The molecule has 10 nitrogen and oxygen atoms in total. The summed E-state index contributed by atoms with van der Waals surface area (Å²) in [6, 6.07) is 14.5. The van der Waals surface area contributed by atoms with Gasteiger partial charge in [-0.2, -0.15) is 0 Å². The second kappa shape index (κ2) is 13.7. The molecule has 1 fully saturated rings. The fraction of sp³-hybridized carbons (Fsp3) is 0.486. The topological polar surface area (TPSA) is 110 Å². The summed E-state index contributed by atoms with van der Waals surface area (Å²) in [5, 5.41) is 4.74. The van der Waals surface area contributed by atoms with E-state index < -0.39 is 27.1 Å². The van der Waals surface area contributed by atoms with E-state index in [0.717, 1.165) is 41.4 Å². The van der Waals surface area contributed by atoms with Crippen LogP contribution < -0.4 is 10.2 Å². The van der Waals surface area contributed by atoms with Gasteiger partial charge < -0.3 is 24.3 Å². The summed E-state index contributed by atoms with van der Waals surface area (Å²) in [7, 11) is -3.38. The SMILES string of the molecule is CCn1c(C#CCN(C(=O)OC(C)(C)C)c2ccc(S(C)(=O)=O)cc2)cc2c(NC3CCN(C(=O)OC(C)(C)C)CC3)cccc21. The number of carbonyl (C=O) groups excluding carboxylic acids is 2. The first kappa shape index (κ1) is 34.7. The zero-order valence-corrected chi connectivity index (χ0v) is 29.0. The minimum absolute atomic E-state index is 0.0414. The summed E-state index contributed by atoms with van der Waals surface area (Å²) in [6.07, 6.45) is 1.91. The van der Waals surface area contributed by atoms with Crippen LogP contribution in [0.25, 0.3) is 10.9 Å². The lowest BCUT2D eigenvalue weighted by Crippen LogP contribution is -2.44. The van der Waals surface area contributed by atoms with Crippen LogP contribution in [-0.2, 0) is 25.9 Å². The van der Waals surface area contributed by atoms with Crippen LogP contribution in [0.3, 0.4) is 0 Å². The van der Waals surface area contributed by atoms with Crippen LogP contribution in [0.5, 0.6) is 0 Å². The van der Waals surface area contributed by atoms with Gasteiger partial charge in [-0.15, -0.1) is 0 Å². The number of aryl methyl sites for hydroxylation is 1. The van der Waals surface area contributed by atoms with E-state index in [4.69, 9.17) is 9.47 Å². The smallest absolute Gasteiger partial charge is 0.415 e. The molecule has 2 heterocycles. The fourth-order valence-electron chi connectivity index (χ4n) is 5.27. The van der Waals surface area contributed by atoms with E-state index in [-0.39, 0.29) is 23.6 Å². The first-order chi connectivity index (χ1) is 21.4. The van der Waals surface area contributed by atoms with Crippen molar-refractivity contribution in [2.45, 2.75) is 90.0 Å². The fourth-order valence-corrected chi connectivity index (χ4v) is 5.90. The predicted octanol–water partition coefficient (Wildman–Crippen LogP) is 6.67. The van der Waals surface area contributed by atoms with E-state index >= 15 is 0 Å². The van der Waals surface area contributed by atoms with Gasteiger partial charge >= 0.3 is 12.2 Å². The number of hydrogen-bond donors (Lipinski definition) is 1. The molecule has 4 rings (SSSR count). The lowest BCUT2D eigenvalue weighted by Gasteiger charge is -2.34. The second-order valence-corrected chi connectivity index (χ2v) is 15.5. The number of likely N-dealkylation sites (tertiary alicyclic amines) is 1. The molecule has 3 aromatic rings. The molecule has 0 unspecified atom stereocenters. The maximum absolute atomic E-state index is 13.2. The molecule has 248 valence electrons. The molecule has 2 aromatic carbocycles. The highest BCUT2D eigenvalue weighted by molar-refractivity contribution is 7.90. The average molecular weight is 651 g/mol. The lowest BCUT2D eigenvalue weighted by molar-refractivity contribution is 0.0210. The largest absolute Gasteiger partial charge is 0.444 e. The van der Waals surface area contributed by atoms with E-state index in [0.29, 0.717) is 25.3 Å². The van der Waals surface area contributed by atoms with E-state index in [1.165, 1.54) is 17.0 Å². The molecular formula is C35H46N4O6S. The maximum atomic E-state index is 13.2. The molecule has 11 heteroatoms. The molecule has 0 atom stereocenters. The minimum Gasteiger partial charge on any atom is -0.444 e. The van der Waals surface area contributed by atoms with Gasteiger partial charge in [-0.25, -0.2) is 18.0 Å². The van der Waals surface area contributed by atoms with Crippen molar-refractivity contribution < 1.29 is 27.5 Å². The maximum Gasteiger partial charge on any atom is 0.415 e. The van der Waals surface area contributed by atoms with Gasteiger partial charge in [0.1, 0.15) is 11.2 Å². The standard InChI is InChI=1S/C35H46N4O6S/c1-9-38-27(12-11-21-39(33(41)45-35(5,6)7)26-15-17-28(18-16-26)46(8,42)43)24-29-30(13-10-14-31(29)38)36-25-19-22-37(23-20-25)32(40)44-34(2,3)4/h10,13-18,24-25,36H,9,19-23H2,1-8H3. The summed E-state index contributed by atoms with van der Waals surface area (Å²) in [5.41, 5.74) is 2.10. The number of ether oxygens (including phenoxy) is 2. The van der Waals surface area contributed by atoms with Crippen LogP contribution in [0.1, 0.15) is 67.0 Å². The molecule has 1 aliphatic heterocycles. The lowest BCUT2D eigenvalue weighted by atomic mass is 10.0. The van der Waals surface area contributed by atoms with Crippen LogP contribution in [0.4, 0.5) is 21.0 Å². The third-order valence-corrected chi connectivity index (χ3v) is 8.54. The zero-order valence-electron chi connectivity index (χ0n) is 28.1. The molecule has 0 spiro atoms. The molecule has 1 aromatic heterocycles. The number of rotatable bonds is 6. The van der Waals surface area contributed by atoms with Gasteiger partial charge in [-0.1, -0.05) is 12.0 Å². The number of piperidine rings is 1. The highest BCUT2D eigenvalue weighted by Crippen LogP contribution is 2.29. The number of nitrogens with zero attached hydrogens (tertiary/aromatic N) is 3. The van der Waals surface area contributed by atoms with Gasteiger partial charge in [0, 0.05) is 48.7 Å². The predicted molar refractivity (Wildman–Crippen MR) is 182 cm³/mol. The Balaban J connectivity index is 1.54. The number of amides is 2.